The van der Waals surface area contributed by atoms with Crippen molar-refractivity contribution >= 4 is 11.8 Å². The summed E-state index contributed by atoms with van der Waals surface area (Å²) in [6.45, 7) is 1.56. The maximum atomic E-state index is 11.9. The Hall–Kier alpha value is -1.10. The lowest BCUT2D eigenvalue weighted by Crippen LogP contribution is -2.36. The van der Waals surface area contributed by atoms with Crippen LogP contribution in [0.2, 0.25) is 0 Å². The summed E-state index contributed by atoms with van der Waals surface area (Å²) >= 11 is 0. The lowest BCUT2D eigenvalue weighted by Gasteiger charge is -2.19. The number of hydrogen-bond donors (Lipinski definition) is 1. The minimum absolute atomic E-state index is 0.0178. The number of carbonyl (C=O) groups excluding carboxylic acids is 2. The molecule has 0 aliphatic carbocycles. The van der Waals surface area contributed by atoms with E-state index in [9.17, 15) is 14.7 Å². The molecule has 1 N–H and O–H groups in total. The fourth-order valence-electron chi connectivity index (χ4n) is 2.23. The van der Waals surface area contributed by atoms with Crippen molar-refractivity contribution in [2.24, 2.45) is 5.92 Å². The molecule has 1 unspecified atom stereocenters. The van der Waals surface area contributed by atoms with E-state index in [0.29, 0.717) is 32.5 Å². The molecule has 2 amide bonds. The summed E-state index contributed by atoms with van der Waals surface area (Å²) in [5.74, 6) is -0.148. The van der Waals surface area contributed by atoms with Crippen LogP contribution in [-0.4, -0.2) is 59.5 Å². The highest BCUT2D eigenvalue weighted by molar-refractivity contribution is 5.89. The Morgan fingerprint density at radius 2 is 2.20 bits per heavy atom. The standard InChI is InChI=1S/C10H16N2O3/c1-11-5-7(4-9(11)14)10(15)12-3-2-8(13)6-12/h7-8,13H,2-6H2,1H3/t7?,8-/m1/s1. The van der Waals surface area contributed by atoms with Gasteiger partial charge in [0.15, 0.2) is 0 Å². The molecule has 0 bridgehead atoms. The fraction of sp³-hybridized carbons (Fsp3) is 0.800. The van der Waals surface area contributed by atoms with E-state index in [2.05, 4.69) is 0 Å². The summed E-state index contributed by atoms with van der Waals surface area (Å²) in [4.78, 5) is 26.5. The van der Waals surface area contributed by atoms with Gasteiger partial charge in [-0.05, 0) is 6.42 Å². The van der Waals surface area contributed by atoms with Crippen molar-refractivity contribution in [3.8, 4) is 0 Å². The number of carbonyl (C=O) groups is 2. The molecule has 2 saturated heterocycles. The second kappa shape index (κ2) is 3.81. The van der Waals surface area contributed by atoms with Crippen LogP contribution in [0.1, 0.15) is 12.8 Å². The van der Waals surface area contributed by atoms with E-state index in [4.69, 9.17) is 0 Å². The normalized spacial score (nSPS) is 31.5. The third kappa shape index (κ3) is 1.97. The Balaban J connectivity index is 1.94. The molecule has 2 aliphatic heterocycles. The molecule has 2 fully saturated rings. The van der Waals surface area contributed by atoms with Crippen LogP contribution in [-0.2, 0) is 9.59 Å². The number of likely N-dealkylation sites (tertiary alicyclic amines) is 2. The summed E-state index contributed by atoms with van der Waals surface area (Å²) in [5, 5.41) is 9.32. The van der Waals surface area contributed by atoms with Gasteiger partial charge >= 0.3 is 0 Å². The third-order valence-corrected chi connectivity index (χ3v) is 3.17. The van der Waals surface area contributed by atoms with Crippen molar-refractivity contribution in [1.29, 1.82) is 0 Å². The molecule has 84 valence electrons. The number of aliphatic hydroxyl groups is 1. The summed E-state index contributed by atoms with van der Waals surface area (Å²) in [6, 6.07) is 0. The van der Waals surface area contributed by atoms with Crippen LogP contribution >= 0.6 is 0 Å². The SMILES string of the molecule is CN1CC(C(=O)N2CC[C@@H](O)C2)CC1=O. The smallest absolute Gasteiger partial charge is 0.228 e. The van der Waals surface area contributed by atoms with E-state index < -0.39 is 0 Å². The minimum atomic E-state index is -0.385. The van der Waals surface area contributed by atoms with Gasteiger partial charge in [0.05, 0.1) is 12.0 Å². The van der Waals surface area contributed by atoms with Crippen LogP contribution in [0.3, 0.4) is 0 Å². The highest BCUT2D eigenvalue weighted by Crippen LogP contribution is 2.21. The van der Waals surface area contributed by atoms with Gasteiger partial charge in [0.2, 0.25) is 11.8 Å². The molecule has 0 radical (unpaired) electrons. The Morgan fingerprint density at radius 3 is 2.67 bits per heavy atom. The van der Waals surface area contributed by atoms with Gasteiger partial charge in [-0.3, -0.25) is 9.59 Å². The van der Waals surface area contributed by atoms with Crippen LogP contribution in [0.5, 0.6) is 0 Å². The van der Waals surface area contributed by atoms with Crippen molar-refractivity contribution in [2.45, 2.75) is 18.9 Å². The van der Waals surface area contributed by atoms with E-state index in [1.165, 1.54) is 0 Å². The predicted molar refractivity (Wildman–Crippen MR) is 52.9 cm³/mol. The fourth-order valence-corrected chi connectivity index (χ4v) is 2.23. The Bertz CT molecular complexity index is 292. The number of nitrogens with zero attached hydrogens (tertiary/aromatic N) is 2. The molecule has 0 saturated carbocycles. The van der Waals surface area contributed by atoms with E-state index in [0.717, 1.165) is 0 Å². The average Bonchev–Trinajstić information content (AvgIpc) is 2.74. The van der Waals surface area contributed by atoms with Gasteiger partial charge in [-0.1, -0.05) is 0 Å². The minimum Gasteiger partial charge on any atom is -0.391 e. The van der Waals surface area contributed by atoms with Crippen molar-refractivity contribution in [2.75, 3.05) is 26.7 Å². The van der Waals surface area contributed by atoms with Crippen molar-refractivity contribution in [1.82, 2.24) is 9.80 Å². The van der Waals surface area contributed by atoms with E-state index in [1.54, 1.807) is 16.8 Å². The number of amides is 2. The highest BCUT2D eigenvalue weighted by Gasteiger charge is 2.36. The van der Waals surface area contributed by atoms with Crippen LogP contribution < -0.4 is 0 Å². The van der Waals surface area contributed by atoms with Crippen LogP contribution in [0.4, 0.5) is 0 Å². The molecule has 15 heavy (non-hydrogen) atoms. The Kier molecular flexibility index (Phi) is 2.65. The van der Waals surface area contributed by atoms with E-state index >= 15 is 0 Å². The van der Waals surface area contributed by atoms with Crippen LogP contribution in [0, 0.1) is 5.92 Å². The number of β-amino-alcohol motifs (C(OH)–C–C–N with tert-alkyl or cyclic N) is 1. The molecule has 2 atom stereocenters. The third-order valence-electron chi connectivity index (χ3n) is 3.17. The van der Waals surface area contributed by atoms with Crippen LogP contribution in [0.25, 0.3) is 0 Å². The number of rotatable bonds is 1. The lowest BCUT2D eigenvalue weighted by atomic mass is 10.1. The molecule has 5 heteroatoms. The summed E-state index contributed by atoms with van der Waals surface area (Å²) < 4.78 is 0. The summed E-state index contributed by atoms with van der Waals surface area (Å²) in [7, 11) is 1.72. The van der Waals surface area contributed by atoms with Crippen molar-refractivity contribution in [3.05, 3.63) is 0 Å². The maximum Gasteiger partial charge on any atom is 0.228 e. The maximum absolute atomic E-state index is 11.9. The highest BCUT2D eigenvalue weighted by atomic mass is 16.3. The number of aliphatic hydroxyl groups excluding tert-OH is 1. The van der Waals surface area contributed by atoms with Gasteiger partial charge in [-0.15, -0.1) is 0 Å². The van der Waals surface area contributed by atoms with E-state index in [-0.39, 0.29) is 23.8 Å². The monoisotopic (exact) mass is 212 g/mol. The van der Waals surface area contributed by atoms with E-state index in [1.807, 2.05) is 0 Å². The van der Waals surface area contributed by atoms with Crippen molar-refractivity contribution < 1.29 is 14.7 Å². The van der Waals surface area contributed by atoms with Crippen LogP contribution in [0.15, 0.2) is 0 Å². The van der Waals surface area contributed by atoms with Gasteiger partial charge < -0.3 is 14.9 Å². The quantitative estimate of drug-likeness (QED) is 0.610. The zero-order chi connectivity index (χ0) is 11.0. The first kappa shape index (κ1) is 10.4. The van der Waals surface area contributed by atoms with Gasteiger partial charge in [0.1, 0.15) is 0 Å². The largest absolute Gasteiger partial charge is 0.391 e. The molecule has 2 rings (SSSR count). The van der Waals surface area contributed by atoms with Gasteiger partial charge in [0.25, 0.3) is 0 Å². The molecular weight excluding hydrogens is 196 g/mol. The first-order valence-corrected chi connectivity index (χ1v) is 5.28. The Morgan fingerprint density at radius 1 is 1.47 bits per heavy atom. The molecule has 2 aliphatic rings. The first-order valence-electron chi connectivity index (χ1n) is 5.28. The molecule has 0 spiro atoms. The topological polar surface area (TPSA) is 60.9 Å². The summed E-state index contributed by atoms with van der Waals surface area (Å²) in [5.41, 5.74) is 0. The molecule has 2 heterocycles. The molecule has 0 aromatic carbocycles. The second-order valence-corrected chi connectivity index (χ2v) is 4.40. The van der Waals surface area contributed by atoms with Gasteiger partial charge in [-0.2, -0.15) is 0 Å². The number of hydrogen-bond acceptors (Lipinski definition) is 3. The molecular formula is C10H16N2O3. The molecule has 0 aromatic rings. The van der Waals surface area contributed by atoms with Gasteiger partial charge in [0, 0.05) is 33.1 Å². The Labute approximate surface area is 88.6 Å². The average molecular weight is 212 g/mol. The first-order chi connectivity index (χ1) is 7.08. The molecule has 5 nitrogen and oxygen atoms in total. The predicted octanol–water partition coefficient (Wildman–Crippen LogP) is -0.942. The molecule has 0 aromatic heterocycles. The lowest BCUT2D eigenvalue weighted by molar-refractivity contribution is -0.135. The van der Waals surface area contributed by atoms with Crippen molar-refractivity contribution in [3.63, 3.8) is 0 Å². The summed E-state index contributed by atoms with van der Waals surface area (Å²) in [6.07, 6.45) is 0.591. The second-order valence-electron chi connectivity index (χ2n) is 4.40. The zero-order valence-electron chi connectivity index (χ0n) is 8.85. The van der Waals surface area contributed by atoms with Gasteiger partial charge in [-0.25, -0.2) is 0 Å². The zero-order valence-corrected chi connectivity index (χ0v) is 8.85.